The third kappa shape index (κ3) is 11.4. The molecule has 4 rings (SSSR count). The van der Waals surface area contributed by atoms with Gasteiger partial charge in [-0.15, -0.1) is 6.58 Å². The molecule has 2 saturated carbocycles. The van der Waals surface area contributed by atoms with Crippen molar-refractivity contribution in [2.75, 3.05) is 19.7 Å². The van der Waals surface area contributed by atoms with E-state index in [1.165, 1.54) is 4.90 Å². The maximum atomic E-state index is 14.3. The molecule has 284 valence electrons. The molecule has 5 amide bonds. The summed E-state index contributed by atoms with van der Waals surface area (Å²) < 4.78 is 5.36. The van der Waals surface area contributed by atoms with Crippen LogP contribution in [0.2, 0.25) is 0 Å². The van der Waals surface area contributed by atoms with E-state index >= 15 is 0 Å². The van der Waals surface area contributed by atoms with E-state index in [4.69, 9.17) is 4.74 Å². The van der Waals surface area contributed by atoms with Crippen molar-refractivity contribution in [2.45, 2.75) is 103 Å². The van der Waals surface area contributed by atoms with Crippen LogP contribution >= 0.6 is 0 Å². The molecular weight excluding hydrogens is 670 g/mol. The maximum Gasteiger partial charge on any atom is 0.407 e. The quantitative estimate of drug-likeness (QED) is 0.0850. The molecule has 0 bridgehead atoms. The van der Waals surface area contributed by atoms with Crippen molar-refractivity contribution in [1.82, 2.24) is 26.2 Å². The number of ketones is 1. The lowest BCUT2D eigenvalue weighted by Gasteiger charge is -2.35. The van der Waals surface area contributed by atoms with Crippen molar-refractivity contribution >= 4 is 41.5 Å². The summed E-state index contributed by atoms with van der Waals surface area (Å²) in [6.45, 7) is 7.44. The predicted octanol–water partition coefficient (Wildman–Crippen LogP) is 3.05. The van der Waals surface area contributed by atoms with Gasteiger partial charge in [-0.25, -0.2) is 9.59 Å². The molecule has 14 nitrogen and oxygen atoms in total. The van der Waals surface area contributed by atoms with E-state index in [-0.39, 0.29) is 54.8 Å². The molecule has 1 heterocycles. The zero-order chi connectivity index (χ0) is 37.8. The molecule has 0 aromatic heterocycles. The zero-order valence-corrected chi connectivity index (χ0v) is 30.2. The number of aliphatic carboxylic acids is 1. The third-order valence-corrected chi connectivity index (χ3v) is 9.97. The molecule has 3 fully saturated rings. The summed E-state index contributed by atoms with van der Waals surface area (Å²) in [7, 11) is 0. The first-order valence-electron chi connectivity index (χ1n) is 18.5. The first-order valence-corrected chi connectivity index (χ1v) is 18.5. The van der Waals surface area contributed by atoms with Crippen LogP contribution in [0.25, 0.3) is 0 Å². The molecule has 0 aromatic carbocycles. The van der Waals surface area contributed by atoms with Gasteiger partial charge in [0, 0.05) is 6.54 Å². The second-order valence-corrected chi connectivity index (χ2v) is 14.6. The Balaban J connectivity index is 1.46. The second kappa shape index (κ2) is 19.2. The largest absolute Gasteiger partial charge is 0.477 e. The first kappa shape index (κ1) is 40.0. The molecule has 4 atom stereocenters. The van der Waals surface area contributed by atoms with Crippen molar-refractivity contribution in [2.24, 2.45) is 23.7 Å². The van der Waals surface area contributed by atoms with Crippen molar-refractivity contribution in [1.29, 1.82) is 0 Å². The summed E-state index contributed by atoms with van der Waals surface area (Å²) in [6.07, 6.45) is 15.1. The number of alkyl carbamates (subject to hydrolysis) is 1. The second-order valence-electron chi connectivity index (χ2n) is 14.6. The smallest absolute Gasteiger partial charge is 0.407 e. The number of Topliss-reactive ketones (excluding diaryl/α,β-unsaturated/α-hetero) is 1. The van der Waals surface area contributed by atoms with E-state index in [2.05, 4.69) is 27.8 Å². The Labute approximate surface area is 304 Å². The molecule has 3 aliphatic carbocycles. The Morgan fingerprint density at radius 1 is 1.00 bits per heavy atom. The van der Waals surface area contributed by atoms with E-state index in [1.54, 1.807) is 30.4 Å². The number of nitrogens with one attached hydrogen (secondary N) is 4. The summed E-state index contributed by atoms with van der Waals surface area (Å²) in [4.78, 5) is 93.6. The summed E-state index contributed by atoms with van der Waals surface area (Å²) in [5, 5.41) is 19.7. The monoisotopic (exact) mass is 723 g/mol. The minimum atomic E-state index is -1.35. The van der Waals surface area contributed by atoms with Crippen LogP contribution in [0, 0.1) is 23.7 Å². The van der Waals surface area contributed by atoms with Crippen LogP contribution in [0.3, 0.4) is 0 Å². The van der Waals surface area contributed by atoms with Crippen molar-refractivity contribution < 1.29 is 43.4 Å². The Morgan fingerprint density at radius 2 is 1.73 bits per heavy atom. The lowest BCUT2D eigenvalue weighted by atomic mass is 9.83. The number of likely N-dealkylation sites (tertiary alicyclic amines) is 1. The number of rotatable bonds is 17. The van der Waals surface area contributed by atoms with E-state index in [0.717, 1.165) is 44.9 Å². The fourth-order valence-electron chi connectivity index (χ4n) is 7.09. The van der Waals surface area contributed by atoms with Crippen LogP contribution in [-0.4, -0.2) is 89.3 Å². The minimum absolute atomic E-state index is 0.107. The lowest BCUT2D eigenvalue weighted by Crippen LogP contribution is -2.59. The van der Waals surface area contributed by atoms with Crippen LogP contribution in [-0.2, 0) is 33.5 Å². The summed E-state index contributed by atoms with van der Waals surface area (Å²) in [5.41, 5.74) is 0.0437. The number of carbonyl (C=O) groups excluding carboxylic acids is 6. The SMILES string of the molecule is C=CC[C@H]1CCN(C(=O)[C@@H](NC(=O)OCC(C)C)C2CCCCC2)[C@@H]1C(=O)NC(CC1CC1)C(=O)C(=O)NCC(=O)NC(C(=O)O)=C1C=CC=CC1. The van der Waals surface area contributed by atoms with Gasteiger partial charge in [0.2, 0.25) is 23.5 Å². The van der Waals surface area contributed by atoms with E-state index in [1.807, 2.05) is 13.8 Å². The van der Waals surface area contributed by atoms with Crippen LogP contribution < -0.4 is 21.3 Å². The average Bonchev–Trinajstić information content (AvgIpc) is 3.86. The highest BCUT2D eigenvalue weighted by atomic mass is 16.5. The van der Waals surface area contributed by atoms with Gasteiger partial charge in [-0.1, -0.05) is 76.3 Å². The van der Waals surface area contributed by atoms with E-state index in [0.29, 0.717) is 24.8 Å². The standard InChI is InChI=1S/C38H53N5O9/c1-4-11-27-18-19-43(36(48)30(25-12-7-5-8-13-25)42-38(51)52-22-23(2)3)32(27)34(46)40-28(20-24-16-17-24)33(45)35(47)39-21-29(44)41-31(37(49)50)26-14-9-6-10-15-26/h4,6,9-10,14,23-25,27-28,30,32H,1,5,7-8,11-13,15-22H2,2-3H3,(H,39,47)(H,40,46)(H,41,44)(H,42,51)(H,49,50)/t27-,28?,30-,32-/m0/s1. The normalized spacial score (nSPS) is 22.2. The Bertz CT molecular complexity index is 1470. The average molecular weight is 724 g/mol. The zero-order valence-electron chi connectivity index (χ0n) is 30.2. The predicted molar refractivity (Wildman–Crippen MR) is 191 cm³/mol. The number of allylic oxidation sites excluding steroid dienone is 6. The van der Waals surface area contributed by atoms with Gasteiger partial charge in [-0.2, -0.15) is 0 Å². The molecule has 5 N–H and O–H groups in total. The van der Waals surface area contributed by atoms with Gasteiger partial charge in [0.25, 0.3) is 5.91 Å². The molecule has 0 radical (unpaired) electrons. The Hall–Kier alpha value is -4.75. The molecule has 0 spiro atoms. The van der Waals surface area contributed by atoms with Gasteiger partial charge in [0.15, 0.2) is 0 Å². The fraction of sp³-hybridized carbons (Fsp3) is 0.605. The van der Waals surface area contributed by atoms with Crippen LogP contribution in [0.15, 0.2) is 48.2 Å². The van der Waals surface area contributed by atoms with Crippen LogP contribution in [0.5, 0.6) is 0 Å². The fourth-order valence-corrected chi connectivity index (χ4v) is 7.09. The number of carbonyl (C=O) groups is 7. The van der Waals surface area contributed by atoms with Gasteiger partial charge in [0.05, 0.1) is 19.2 Å². The van der Waals surface area contributed by atoms with Crippen molar-refractivity contribution in [3.8, 4) is 0 Å². The Morgan fingerprint density at radius 3 is 2.35 bits per heavy atom. The molecule has 1 saturated heterocycles. The number of hydrogen-bond donors (Lipinski definition) is 5. The molecule has 14 heteroatoms. The number of hydrogen-bond acceptors (Lipinski definition) is 8. The van der Waals surface area contributed by atoms with Gasteiger partial charge in [-0.05, 0) is 67.8 Å². The van der Waals surface area contributed by atoms with Gasteiger partial charge in [-0.3, -0.25) is 24.0 Å². The third-order valence-electron chi connectivity index (χ3n) is 9.97. The van der Waals surface area contributed by atoms with Gasteiger partial charge >= 0.3 is 12.1 Å². The highest BCUT2D eigenvalue weighted by Crippen LogP contribution is 2.35. The lowest BCUT2D eigenvalue weighted by molar-refractivity contribution is -0.144. The molecule has 4 aliphatic rings. The van der Waals surface area contributed by atoms with Crippen molar-refractivity contribution in [3.63, 3.8) is 0 Å². The van der Waals surface area contributed by atoms with Crippen LogP contribution in [0.1, 0.15) is 84.5 Å². The maximum absolute atomic E-state index is 14.3. The molecular formula is C38H53N5O9. The minimum Gasteiger partial charge on any atom is -0.477 e. The molecule has 1 unspecified atom stereocenters. The first-order chi connectivity index (χ1) is 24.9. The van der Waals surface area contributed by atoms with Gasteiger partial charge in [0.1, 0.15) is 17.8 Å². The number of amides is 5. The number of nitrogens with zero attached hydrogens (tertiary/aromatic N) is 1. The summed E-state index contributed by atoms with van der Waals surface area (Å²) in [5.74, 6) is -5.40. The highest BCUT2D eigenvalue weighted by Gasteiger charge is 2.46. The highest BCUT2D eigenvalue weighted by molar-refractivity contribution is 6.38. The van der Waals surface area contributed by atoms with Crippen LogP contribution in [0.4, 0.5) is 4.79 Å². The number of ether oxygens (including phenoxy) is 1. The van der Waals surface area contributed by atoms with E-state index in [9.17, 15) is 38.7 Å². The molecule has 52 heavy (non-hydrogen) atoms. The van der Waals surface area contributed by atoms with Gasteiger partial charge < -0.3 is 36.0 Å². The topological polar surface area (TPSA) is 200 Å². The molecule has 1 aliphatic heterocycles. The summed E-state index contributed by atoms with van der Waals surface area (Å²) >= 11 is 0. The Kier molecular flexibility index (Phi) is 14.8. The van der Waals surface area contributed by atoms with E-state index < -0.39 is 60.2 Å². The number of carboxylic acid groups (broad SMARTS) is 1. The summed E-state index contributed by atoms with van der Waals surface area (Å²) in [6, 6.07) is -3.07. The van der Waals surface area contributed by atoms with Crippen molar-refractivity contribution in [3.05, 3.63) is 48.2 Å². The molecule has 0 aromatic rings. The number of carboxylic acids is 1.